The number of carboxylic acid groups (broad SMARTS) is 1. The van der Waals surface area contributed by atoms with Crippen LogP contribution < -0.4 is 5.32 Å². The molecule has 3 N–H and O–H groups in total. The highest BCUT2D eigenvalue weighted by molar-refractivity contribution is 5.83. The number of hydrogen-bond acceptors (Lipinski definition) is 4. The van der Waals surface area contributed by atoms with E-state index in [9.17, 15) is 14.7 Å². The van der Waals surface area contributed by atoms with Crippen molar-refractivity contribution in [3.8, 4) is 0 Å². The lowest BCUT2D eigenvalue weighted by molar-refractivity contribution is -0.141. The molecular formula is C13H23N3O4. The summed E-state index contributed by atoms with van der Waals surface area (Å²) in [5.41, 5.74) is 0. The minimum Gasteiger partial charge on any atom is -0.480 e. The second-order valence-electron chi connectivity index (χ2n) is 5.71. The summed E-state index contributed by atoms with van der Waals surface area (Å²) >= 11 is 0. The van der Waals surface area contributed by atoms with Gasteiger partial charge in [-0.3, -0.25) is 0 Å². The van der Waals surface area contributed by atoms with Gasteiger partial charge in [0.05, 0.1) is 6.10 Å². The van der Waals surface area contributed by atoms with Crippen LogP contribution in [-0.2, 0) is 4.79 Å². The van der Waals surface area contributed by atoms with Gasteiger partial charge < -0.3 is 25.3 Å². The number of urea groups is 1. The molecule has 114 valence electrons. The number of hydrogen-bond donors (Lipinski definition) is 3. The van der Waals surface area contributed by atoms with Gasteiger partial charge in [-0.15, -0.1) is 0 Å². The molecule has 7 nitrogen and oxygen atoms in total. The van der Waals surface area contributed by atoms with Crippen LogP contribution in [0, 0.1) is 0 Å². The monoisotopic (exact) mass is 285 g/mol. The molecule has 0 spiro atoms. The number of amides is 2. The van der Waals surface area contributed by atoms with Crippen LogP contribution in [0.1, 0.15) is 25.7 Å². The molecule has 20 heavy (non-hydrogen) atoms. The second kappa shape index (κ2) is 6.41. The number of aliphatic hydroxyl groups excluding tert-OH is 1. The van der Waals surface area contributed by atoms with Crippen molar-refractivity contribution in [2.75, 3.05) is 26.7 Å². The molecule has 0 aromatic carbocycles. The lowest BCUT2D eigenvalue weighted by atomic mass is 10.0. The van der Waals surface area contributed by atoms with Gasteiger partial charge in [0.25, 0.3) is 0 Å². The summed E-state index contributed by atoms with van der Waals surface area (Å²) in [6.07, 6.45) is 2.73. The summed E-state index contributed by atoms with van der Waals surface area (Å²) in [6, 6.07) is -1.01. The number of likely N-dealkylation sites (tertiary alicyclic amines) is 2. The van der Waals surface area contributed by atoms with E-state index in [2.05, 4.69) is 10.2 Å². The normalized spacial score (nSPS) is 31.3. The van der Waals surface area contributed by atoms with Gasteiger partial charge in [0, 0.05) is 25.6 Å². The SMILES string of the molecule is CN1CCCCC1CNC(=O)N1C[C@H](O)C[C@@H]1C(=O)O. The molecule has 0 aromatic rings. The zero-order valence-electron chi connectivity index (χ0n) is 11.8. The Morgan fingerprint density at radius 2 is 2.10 bits per heavy atom. The van der Waals surface area contributed by atoms with Crippen molar-refractivity contribution >= 4 is 12.0 Å². The Labute approximate surface area is 118 Å². The van der Waals surface area contributed by atoms with Crippen molar-refractivity contribution in [2.24, 2.45) is 0 Å². The van der Waals surface area contributed by atoms with Gasteiger partial charge in [0.15, 0.2) is 0 Å². The number of likely N-dealkylation sites (N-methyl/N-ethyl adjacent to an activating group) is 1. The molecule has 2 rings (SSSR count). The highest BCUT2D eigenvalue weighted by Crippen LogP contribution is 2.19. The van der Waals surface area contributed by atoms with Gasteiger partial charge >= 0.3 is 12.0 Å². The molecule has 2 aliphatic heterocycles. The topological polar surface area (TPSA) is 93.1 Å². The van der Waals surface area contributed by atoms with Gasteiger partial charge in [0.2, 0.25) is 0 Å². The standard InChI is InChI=1S/C13H23N3O4/c1-15-5-3-2-4-9(15)7-14-13(20)16-8-10(17)6-11(16)12(18)19/h9-11,17H,2-8H2,1H3,(H,14,20)(H,18,19)/t9?,10-,11-/m1/s1. The first kappa shape index (κ1) is 15.1. The Bertz CT molecular complexity index is 377. The van der Waals surface area contributed by atoms with Crippen LogP contribution >= 0.6 is 0 Å². The minimum absolute atomic E-state index is 0.0866. The van der Waals surface area contributed by atoms with Gasteiger partial charge in [-0.1, -0.05) is 6.42 Å². The molecule has 1 unspecified atom stereocenters. The van der Waals surface area contributed by atoms with Crippen LogP contribution in [0.25, 0.3) is 0 Å². The summed E-state index contributed by atoms with van der Waals surface area (Å²) in [7, 11) is 2.04. The fourth-order valence-electron chi connectivity index (χ4n) is 2.98. The van der Waals surface area contributed by atoms with Crippen LogP contribution in [-0.4, -0.2) is 76.9 Å². The number of aliphatic carboxylic acids is 1. The zero-order valence-corrected chi connectivity index (χ0v) is 11.8. The number of aliphatic hydroxyl groups is 1. The number of nitrogens with zero attached hydrogens (tertiary/aromatic N) is 2. The van der Waals surface area contributed by atoms with Crippen molar-refractivity contribution in [1.29, 1.82) is 0 Å². The molecule has 0 bridgehead atoms. The van der Waals surface area contributed by atoms with E-state index in [-0.39, 0.29) is 13.0 Å². The maximum atomic E-state index is 12.1. The molecule has 3 atom stereocenters. The van der Waals surface area contributed by atoms with E-state index in [0.717, 1.165) is 19.4 Å². The summed E-state index contributed by atoms with van der Waals surface area (Å²) in [6.45, 7) is 1.64. The third-order valence-electron chi connectivity index (χ3n) is 4.24. The summed E-state index contributed by atoms with van der Waals surface area (Å²) in [4.78, 5) is 26.6. The Hall–Kier alpha value is -1.34. The van der Waals surface area contributed by atoms with E-state index in [1.54, 1.807) is 0 Å². The Balaban J connectivity index is 1.86. The Morgan fingerprint density at radius 1 is 1.35 bits per heavy atom. The number of carboxylic acids is 1. The summed E-state index contributed by atoms with van der Waals surface area (Å²) < 4.78 is 0. The van der Waals surface area contributed by atoms with E-state index in [1.807, 2.05) is 7.05 Å². The van der Waals surface area contributed by atoms with Crippen LogP contribution in [0.4, 0.5) is 4.79 Å². The smallest absolute Gasteiger partial charge is 0.326 e. The number of carbonyl (C=O) groups excluding carboxylic acids is 1. The molecule has 0 saturated carbocycles. The molecule has 2 aliphatic rings. The predicted octanol–water partition coefficient (Wildman–Crippen LogP) is -0.300. The predicted molar refractivity (Wildman–Crippen MR) is 72.4 cm³/mol. The Kier molecular flexibility index (Phi) is 4.82. The maximum absolute atomic E-state index is 12.1. The molecule has 2 amide bonds. The fraction of sp³-hybridized carbons (Fsp3) is 0.846. The van der Waals surface area contributed by atoms with Crippen molar-refractivity contribution in [3.63, 3.8) is 0 Å². The van der Waals surface area contributed by atoms with Gasteiger partial charge in [-0.05, 0) is 26.4 Å². The van der Waals surface area contributed by atoms with Crippen LogP contribution in [0.2, 0.25) is 0 Å². The van der Waals surface area contributed by atoms with Gasteiger partial charge in [-0.2, -0.15) is 0 Å². The fourth-order valence-corrected chi connectivity index (χ4v) is 2.98. The maximum Gasteiger partial charge on any atom is 0.326 e. The molecule has 7 heteroatoms. The molecule has 2 saturated heterocycles. The molecule has 2 fully saturated rings. The van der Waals surface area contributed by atoms with Crippen LogP contribution in [0.3, 0.4) is 0 Å². The van der Waals surface area contributed by atoms with E-state index in [1.165, 1.54) is 11.3 Å². The van der Waals surface area contributed by atoms with Crippen LogP contribution in [0.15, 0.2) is 0 Å². The first-order valence-corrected chi connectivity index (χ1v) is 7.14. The molecule has 0 aliphatic carbocycles. The number of carbonyl (C=O) groups is 2. The van der Waals surface area contributed by atoms with Crippen molar-refractivity contribution in [2.45, 2.75) is 43.9 Å². The number of β-amino-alcohol motifs (C(OH)–C–C–N with tert-alkyl or cyclic N) is 1. The summed E-state index contributed by atoms with van der Waals surface area (Å²) in [5, 5.41) is 21.4. The molecule has 2 heterocycles. The lowest BCUT2D eigenvalue weighted by Crippen LogP contribution is -2.50. The zero-order chi connectivity index (χ0) is 14.7. The van der Waals surface area contributed by atoms with E-state index < -0.39 is 24.1 Å². The van der Waals surface area contributed by atoms with Gasteiger partial charge in [0.1, 0.15) is 6.04 Å². The highest BCUT2D eigenvalue weighted by Gasteiger charge is 2.39. The summed E-state index contributed by atoms with van der Waals surface area (Å²) in [5.74, 6) is -1.06. The largest absolute Gasteiger partial charge is 0.480 e. The first-order chi connectivity index (χ1) is 9.49. The van der Waals surface area contributed by atoms with Gasteiger partial charge in [-0.25, -0.2) is 9.59 Å². The van der Waals surface area contributed by atoms with Crippen molar-refractivity contribution in [3.05, 3.63) is 0 Å². The quantitative estimate of drug-likeness (QED) is 0.662. The third-order valence-corrected chi connectivity index (χ3v) is 4.24. The lowest BCUT2D eigenvalue weighted by Gasteiger charge is -2.33. The average molecular weight is 285 g/mol. The number of rotatable bonds is 3. The number of piperidine rings is 1. The molecule has 0 radical (unpaired) electrons. The Morgan fingerprint density at radius 3 is 2.75 bits per heavy atom. The first-order valence-electron chi connectivity index (χ1n) is 7.14. The average Bonchev–Trinajstić information content (AvgIpc) is 2.80. The van der Waals surface area contributed by atoms with E-state index in [0.29, 0.717) is 12.6 Å². The number of nitrogens with one attached hydrogen (secondary N) is 1. The minimum atomic E-state index is -1.06. The molecular weight excluding hydrogens is 262 g/mol. The third kappa shape index (κ3) is 3.40. The van der Waals surface area contributed by atoms with Crippen LogP contribution in [0.5, 0.6) is 0 Å². The highest BCUT2D eigenvalue weighted by atomic mass is 16.4. The van der Waals surface area contributed by atoms with E-state index in [4.69, 9.17) is 5.11 Å². The molecule has 0 aromatic heterocycles. The van der Waals surface area contributed by atoms with E-state index >= 15 is 0 Å². The second-order valence-corrected chi connectivity index (χ2v) is 5.71. The van der Waals surface area contributed by atoms with Crippen molar-refractivity contribution in [1.82, 2.24) is 15.1 Å². The van der Waals surface area contributed by atoms with Crippen molar-refractivity contribution < 1.29 is 19.8 Å².